The van der Waals surface area contributed by atoms with Crippen LogP contribution in [0, 0.1) is 0 Å². The second-order valence-corrected chi connectivity index (χ2v) is 5.11. The van der Waals surface area contributed by atoms with Gasteiger partial charge in [0.15, 0.2) is 11.5 Å². The molecule has 5 nitrogen and oxygen atoms in total. The first kappa shape index (κ1) is 18.4. The van der Waals surface area contributed by atoms with E-state index in [4.69, 9.17) is 14.2 Å². The van der Waals surface area contributed by atoms with E-state index in [1.807, 2.05) is 26.0 Å². The van der Waals surface area contributed by atoms with Gasteiger partial charge in [-0.2, -0.15) is 0 Å². The highest BCUT2D eigenvalue weighted by Gasteiger charge is 2.12. The molecule has 25 heavy (non-hydrogen) atoms. The van der Waals surface area contributed by atoms with Crippen molar-refractivity contribution in [2.24, 2.45) is 0 Å². The first-order valence-electron chi connectivity index (χ1n) is 8.22. The van der Waals surface area contributed by atoms with Crippen molar-refractivity contribution in [1.29, 1.82) is 0 Å². The summed E-state index contributed by atoms with van der Waals surface area (Å²) in [6.45, 7) is 8.84. The van der Waals surface area contributed by atoms with Gasteiger partial charge in [-0.3, -0.25) is 4.79 Å². The number of anilines is 1. The van der Waals surface area contributed by atoms with Crippen LogP contribution in [0.25, 0.3) is 0 Å². The first-order chi connectivity index (χ1) is 12.2. The third-order valence-corrected chi connectivity index (χ3v) is 3.27. The molecule has 0 heterocycles. The first-order valence-corrected chi connectivity index (χ1v) is 8.22. The fourth-order valence-corrected chi connectivity index (χ4v) is 2.21. The van der Waals surface area contributed by atoms with Crippen molar-refractivity contribution in [3.05, 3.63) is 60.7 Å². The van der Waals surface area contributed by atoms with Crippen LogP contribution >= 0.6 is 0 Å². The number of hydrogen-bond donors (Lipinski definition) is 1. The largest absolute Gasteiger partial charge is 0.490 e. The molecule has 2 aromatic carbocycles. The zero-order valence-electron chi connectivity index (χ0n) is 14.6. The van der Waals surface area contributed by atoms with Gasteiger partial charge in [0.05, 0.1) is 13.2 Å². The molecule has 0 aliphatic heterocycles. The van der Waals surface area contributed by atoms with Crippen molar-refractivity contribution < 1.29 is 19.0 Å². The lowest BCUT2D eigenvalue weighted by molar-refractivity contribution is 0.102. The van der Waals surface area contributed by atoms with Crippen molar-refractivity contribution in [2.75, 3.05) is 25.1 Å². The van der Waals surface area contributed by atoms with Crippen LogP contribution in [0.15, 0.2) is 55.1 Å². The summed E-state index contributed by atoms with van der Waals surface area (Å²) in [4.78, 5) is 12.5. The highest BCUT2D eigenvalue weighted by Crippen LogP contribution is 2.29. The van der Waals surface area contributed by atoms with Gasteiger partial charge in [0.2, 0.25) is 0 Å². The number of benzene rings is 2. The Morgan fingerprint density at radius 2 is 1.80 bits per heavy atom. The van der Waals surface area contributed by atoms with Crippen molar-refractivity contribution in [3.8, 4) is 17.2 Å². The second kappa shape index (κ2) is 9.37. The molecule has 0 unspecified atom stereocenters. The van der Waals surface area contributed by atoms with Crippen LogP contribution in [0.2, 0.25) is 0 Å². The Balaban J connectivity index is 2.14. The Hall–Kier alpha value is -2.95. The van der Waals surface area contributed by atoms with Gasteiger partial charge >= 0.3 is 0 Å². The Labute approximate surface area is 148 Å². The van der Waals surface area contributed by atoms with Crippen molar-refractivity contribution in [2.45, 2.75) is 13.8 Å². The van der Waals surface area contributed by atoms with Crippen LogP contribution in [0.4, 0.5) is 5.69 Å². The maximum atomic E-state index is 12.5. The molecule has 0 aliphatic carbocycles. The molecule has 0 aromatic heterocycles. The minimum absolute atomic E-state index is 0.232. The molecule has 5 heteroatoms. The zero-order valence-corrected chi connectivity index (χ0v) is 14.6. The summed E-state index contributed by atoms with van der Waals surface area (Å²) in [5.74, 6) is 1.62. The maximum Gasteiger partial charge on any atom is 0.255 e. The van der Waals surface area contributed by atoms with E-state index >= 15 is 0 Å². The second-order valence-electron chi connectivity index (χ2n) is 5.11. The van der Waals surface area contributed by atoms with Crippen LogP contribution in [0.3, 0.4) is 0 Å². The predicted octanol–water partition coefficient (Wildman–Crippen LogP) is 4.30. The van der Waals surface area contributed by atoms with Gasteiger partial charge in [0, 0.05) is 17.3 Å². The topological polar surface area (TPSA) is 56.8 Å². The molecular formula is C20H23NO4. The number of amides is 1. The van der Waals surface area contributed by atoms with Gasteiger partial charge in [-0.05, 0) is 44.2 Å². The van der Waals surface area contributed by atoms with E-state index in [0.717, 1.165) is 0 Å². The lowest BCUT2D eigenvalue weighted by Gasteiger charge is -2.13. The van der Waals surface area contributed by atoms with Crippen molar-refractivity contribution >= 4 is 11.6 Å². The van der Waals surface area contributed by atoms with Crippen LogP contribution in [-0.4, -0.2) is 25.7 Å². The van der Waals surface area contributed by atoms with E-state index in [2.05, 4.69) is 11.9 Å². The summed E-state index contributed by atoms with van der Waals surface area (Å²) in [5.41, 5.74) is 1.14. The summed E-state index contributed by atoms with van der Waals surface area (Å²) in [6, 6.07) is 12.3. The Morgan fingerprint density at radius 3 is 2.52 bits per heavy atom. The summed E-state index contributed by atoms with van der Waals surface area (Å²) in [7, 11) is 0. The average Bonchev–Trinajstić information content (AvgIpc) is 2.62. The Kier molecular flexibility index (Phi) is 6.89. The molecule has 0 fully saturated rings. The van der Waals surface area contributed by atoms with Crippen molar-refractivity contribution in [3.63, 3.8) is 0 Å². The minimum atomic E-state index is -0.232. The molecule has 132 valence electrons. The predicted molar refractivity (Wildman–Crippen MR) is 98.9 cm³/mol. The molecule has 1 N–H and O–H groups in total. The lowest BCUT2D eigenvalue weighted by atomic mass is 10.1. The van der Waals surface area contributed by atoms with Crippen LogP contribution in [-0.2, 0) is 0 Å². The van der Waals surface area contributed by atoms with Crippen LogP contribution in [0.1, 0.15) is 24.2 Å². The highest BCUT2D eigenvalue weighted by molar-refractivity contribution is 6.04. The number of hydrogen-bond acceptors (Lipinski definition) is 4. The van der Waals surface area contributed by atoms with Gasteiger partial charge in [-0.25, -0.2) is 0 Å². The molecule has 0 saturated heterocycles. The van der Waals surface area contributed by atoms with E-state index in [1.54, 1.807) is 36.4 Å². The SMILES string of the molecule is C=CCOc1cccc(NC(=O)c2ccc(OCC)c(OCC)c2)c1. The summed E-state index contributed by atoms with van der Waals surface area (Å²) < 4.78 is 16.5. The molecule has 0 saturated carbocycles. The van der Waals surface area contributed by atoms with E-state index < -0.39 is 0 Å². The highest BCUT2D eigenvalue weighted by atomic mass is 16.5. The number of carbonyl (C=O) groups excluding carboxylic acids is 1. The third-order valence-electron chi connectivity index (χ3n) is 3.27. The van der Waals surface area contributed by atoms with Gasteiger partial charge in [0.1, 0.15) is 12.4 Å². The molecular weight excluding hydrogens is 318 g/mol. The summed E-state index contributed by atoms with van der Waals surface area (Å²) in [6.07, 6.45) is 1.67. The summed E-state index contributed by atoms with van der Waals surface area (Å²) in [5, 5.41) is 2.85. The summed E-state index contributed by atoms with van der Waals surface area (Å²) >= 11 is 0. The van der Waals surface area contributed by atoms with E-state index in [-0.39, 0.29) is 5.91 Å². The van der Waals surface area contributed by atoms with Crippen LogP contribution in [0.5, 0.6) is 17.2 Å². The fourth-order valence-electron chi connectivity index (χ4n) is 2.21. The molecule has 1 amide bonds. The van der Waals surface area contributed by atoms with E-state index in [1.165, 1.54) is 0 Å². The van der Waals surface area contributed by atoms with Gasteiger partial charge < -0.3 is 19.5 Å². The molecule has 2 rings (SSSR count). The molecule has 0 spiro atoms. The van der Waals surface area contributed by atoms with E-state index in [9.17, 15) is 4.79 Å². The van der Waals surface area contributed by atoms with Gasteiger partial charge in [0.25, 0.3) is 5.91 Å². The molecule has 0 bridgehead atoms. The molecule has 2 aromatic rings. The molecule has 0 aliphatic rings. The average molecular weight is 341 g/mol. The quantitative estimate of drug-likeness (QED) is 0.691. The Bertz CT molecular complexity index is 727. The zero-order chi connectivity index (χ0) is 18.1. The smallest absolute Gasteiger partial charge is 0.255 e. The fraction of sp³-hybridized carbons (Fsp3) is 0.250. The Morgan fingerprint density at radius 1 is 1.04 bits per heavy atom. The third kappa shape index (κ3) is 5.28. The van der Waals surface area contributed by atoms with Gasteiger partial charge in [-0.15, -0.1) is 0 Å². The van der Waals surface area contributed by atoms with Gasteiger partial charge in [-0.1, -0.05) is 18.7 Å². The number of rotatable bonds is 9. The lowest BCUT2D eigenvalue weighted by Crippen LogP contribution is -2.12. The normalized spacial score (nSPS) is 10.0. The minimum Gasteiger partial charge on any atom is -0.490 e. The number of nitrogens with one attached hydrogen (secondary N) is 1. The van der Waals surface area contributed by atoms with Crippen LogP contribution < -0.4 is 19.5 Å². The number of carbonyl (C=O) groups is 1. The molecule has 0 atom stereocenters. The van der Waals surface area contributed by atoms with E-state index in [0.29, 0.717) is 48.3 Å². The maximum absolute atomic E-state index is 12.5. The molecule has 0 radical (unpaired) electrons. The standard InChI is InChI=1S/C20H23NO4/c1-4-12-25-17-9-7-8-16(14-17)21-20(22)15-10-11-18(23-5-2)19(13-15)24-6-3/h4,7-11,13-14H,1,5-6,12H2,2-3H3,(H,21,22). The van der Waals surface area contributed by atoms with Crippen molar-refractivity contribution in [1.82, 2.24) is 0 Å². The number of ether oxygens (including phenoxy) is 3. The monoisotopic (exact) mass is 341 g/mol.